The van der Waals surface area contributed by atoms with Gasteiger partial charge in [-0.05, 0) is 44.0 Å². The molecular weight excluding hydrogens is 380 g/mol. The van der Waals surface area contributed by atoms with Crippen LogP contribution in [0.2, 0.25) is 0 Å². The zero-order valence-electron chi connectivity index (χ0n) is 16.6. The second kappa shape index (κ2) is 9.54. The molecule has 1 amide bonds. The van der Waals surface area contributed by atoms with Crippen LogP contribution in [0.4, 0.5) is 11.4 Å². The lowest BCUT2D eigenvalue weighted by atomic mass is 10.1. The van der Waals surface area contributed by atoms with Crippen molar-refractivity contribution in [1.29, 1.82) is 0 Å². The predicted molar refractivity (Wildman–Crippen MR) is 106 cm³/mol. The second-order valence-corrected chi connectivity index (χ2v) is 6.13. The van der Waals surface area contributed by atoms with Crippen LogP contribution in [0, 0.1) is 24.0 Å². The summed E-state index contributed by atoms with van der Waals surface area (Å²) in [6.07, 6.45) is 0. The van der Waals surface area contributed by atoms with E-state index in [9.17, 15) is 19.7 Å². The molecular formula is C20H22N2O7. The maximum atomic E-state index is 12.4. The molecule has 0 aliphatic rings. The SMILES string of the molecule is CCOc1cc(C(=O)OCC(=O)Nc2ccc(C)c(C)c2)c([N+](=O)[O-])cc1OC. The van der Waals surface area contributed by atoms with Gasteiger partial charge in [-0.1, -0.05) is 6.07 Å². The fourth-order valence-corrected chi connectivity index (χ4v) is 2.52. The largest absolute Gasteiger partial charge is 0.493 e. The van der Waals surface area contributed by atoms with Crippen LogP contribution in [0.1, 0.15) is 28.4 Å². The minimum atomic E-state index is -1.02. The fraction of sp³-hybridized carbons (Fsp3) is 0.300. The second-order valence-electron chi connectivity index (χ2n) is 6.13. The van der Waals surface area contributed by atoms with E-state index in [0.29, 0.717) is 5.69 Å². The molecule has 1 N–H and O–H groups in total. The van der Waals surface area contributed by atoms with E-state index in [-0.39, 0.29) is 23.7 Å². The third-order valence-corrected chi connectivity index (χ3v) is 4.12. The van der Waals surface area contributed by atoms with Gasteiger partial charge in [0.25, 0.3) is 11.6 Å². The Morgan fingerprint density at radius 1 is 1.10 bits per heavy atom. The van der Waals surface area contributed by atoms with Crippen LogP contribution in [-0.4, -0.2) is 37.1 Å². The molecule has 0 fully saturated rings. The third-order valence-electron chi connectivity index (χ3n) is 4.12. The summed E-state index contributed by atoms with van der Waals surface area (Å²) in [6.45, 7) is 5.24. The number of hydrogen-bond donors (Lipinski definition) is 1. The first kappa shape index (κ1) is 21.7. The molecule has 154 valence electrons. The molecule has 9 nitrogen and oxygen atoms in total. The van der Waals surface area contributed by atoms with Crippen LogP contribution < -0.4 is 14.8 Å². The Kier molecular flexibility index (Phi) is 7.13. The lowest BCUT2D eigenvalue weighted by Crippen LogP contribution is -2.21. The van der Waals surface area contributed by atoms with Gasteiger partial charge in [0, 0.05) is 11.8 Å². The molecule has 2 rings (SSSR count). The molecule has 0 aliphatic carbocycles. The van der Waals surface area contributed by atoms with Crippen molar-refractivity contribution in [3.8, 4) is 11.5 Å². The number of anilines is 1. The number of carbonyl (C=O) groups excluding carboxylic acids is 2. The van der Waals surface area contributed by atoms with E-state index in [1.54, 1.807) is 19.1 Å². The summed E-state index contributed by atoms with van der Waals surface area (Å²) < 4.78 is 15.4. The molecule has 0 atom stereocenters. The first-order valence-electron chi connectivity index (χ1n) is 8.80. The van der Waals surface area contributed by atoms with Crippen molar-refractivity contribution in [2.24, 2.45) is 0 Å². The summed E-state index contributed by atoms with van der Waals surface area (Å²) in [5.74, 6) is -1.31. The molecule has 0 saturated heterocycles. The van der Waals surface area contributed by atoms with Gasteiger partial charge in [-0.2, -0.15) is 0 Å². The molecule has 0 unspecified atom stereocenters. The number of nitro groups is 1. The van der Waals surface area contributed by atoms with Crippen LogP contribution in [0.25, 0.3) is 0 Å². The summed E-state index contributed by atoms with van der Waals surface area (Å²) in [7, 11) is 1.33. The number of esters is 1. The molecule has 2 aromatic rings. The number of methoxy groups -OCH3 is 1. The number of carbonyl (C=O) groups is 2. The van der Waals surface area contributed by atoms with Gasteiger partial charge in [-0.25, -0.2) is 4.79 Å². The zero-order valence-corrected chi connectivity index (χ0v) is 16.6. The number of amides is 1. The molecule has 0 radical (unpaired) electrons. The van der Waals surface area contributed by atoms with E-state index in [4.69, 9.17) is 14.2 Å². The Bertz CT molecular complexity index is 941. The molecule has 9 heteroatoms. The smallest absolute Gasteiger partial charge is 0.345 e. The van der Waals surface area contributed by atoms with E-state index < -0.39 is 29.1 Å². The average molecular weight is 402 g/mol. The van der Waals surface area contributed by atoms with E-state index in [2.05, 4.69) is 5.32 Å². The number of nitrogens with one attached hydrogen (secondary N) is 1. The maximum absolute atomic E-state index is 12.4. The van der Waals surface area contributed by atoms with Gasteiger partial charge in [0.2, 0.25) is 0 Å². The van der Waals surface area contributed by atoms with Crippen molar-refractivity contribution in [2.75, 3.05) is 25.6 Å². The molecule has 0 spiro atoms. The van der Waals surface area contributed by atoms with Crippen molar-refractivity contribution in [2.45, 2.75) is 20.8 Å². The van der Waals surface area contributed by atoms with Gasteiger partial charge < -0.3 is 19.5 Å². The lowest BCUT2D eigenvalue weighted by Gasteiger charge is -2.12. The summed E-state index contributed by atoms with van der Waals surface area (Å²) in [4.78, 5) is 35.0. The van der Waals surface area contributed by atoms with Crippen molar-refractivity contribution < 1.29 is 28.7 Å². The highest BCUT2D eigenvalue weighted by molar-refractivity contribution is 5.98. The summed E-state index contributed by atoms with van der Waals surface area (Å²) in [5.41, 5.74) is 1.79. The molecule has 0 heterocycles. The van der Waals surface area contributed by atoms with Crippen LogP contribution in [-0.2, 0) is 9.53 Å². The van der Waals surface area contributed by atoms with E-state index in [0.717, 1.165) is 17.2 Å². The van der Waals surface area contributed by atoms with Gasteiger partial charge in [-0.15, -0.1) is 0 Å². The monoisotopic (exact) mass is 402 g/mol. The fourth-order valence-electron chi connectivity index (χ4n) is 2.52. The lowest BCUT2D eigenvalue weighted by molar-refractivity contribution is -0.385. The van der Waals surface area contributed by atoms with E-state index >= 15 is 0 Å². The van der Waals surface area contributed by atoms with Gasteiger partial charge >= 0.3 is 5.97 Å². The quantitative estimate of drug-likeness (QED) is 0.408. The van der Waals surface area contributed by atoms with Crippen molar-refractivity contribution in [3.63, 3.8) is 0 Å². The molecule has 2 aromatic carbocycles. The highest BCUT2D eigenvalue weighted by Gasteiger charge is 2.26. The Morgan fingerprint density at radius 3 is 2.41 bits per heavy atom. The molecule has 0 bridgehead atoms. The highest BCUT2D eigenvalue weighted by atomic mass is 16.6. The highest BCUT2D eigenvalue weighted by Crippen LogP contribution is 2.35. The van der Waals surface area contributed by atoms with E-state index in [1.807, 2.05) is 19.9 Å². The van der Waals surface area contributed by atoms with Gasteiger partial charge in [0.1, 0.15) is 5.56 Å². The summed E-state index contributed by atoms with van der Waals surface area (Å²) >= 11 is 0. The molecule has 0 aliphatic heterocycles. The molecule has 0 aromatic heterocycles. The van der Waals surface area contributed by atoms with Gasteiger partial charge in [-0.3, -0.25) is 14.9 Å². The van der Waals surface area contributed by atoms with Crippen molar-refractivity contribution in [1.82, 2.24) is 0 Å². The Labute approximate surface area is 167 Å². The number of aryl methyl sites for hydroxylation is 2. The minimum absolute atomic E-state index is 0.114. The first-order valence-corrected chi connectivity index (χ1v) is 8.80. The average Bonchev–Trinajstić information content (AvgIpc) is 2.68. The Hall–Kier alpha value is -3.62. The van der Waals surface area contributed by atoms with Crippen LogP contribution in [0.5, 0.6) is 11.5 Å². The van der Waals surface area contributed by atoms with Gasteiger partial charge in [0.05, 0.1) is 24.7 Å². The molecule has 0 saturated carbocycles. The number of nitro benzene ring substituents is 1. The van der Waals surface area contributed by atoms with E-state index in [1.165, 1.54) is 13.2 Å². The third kappa shape index (κ3) is 5.44. The van der Waals surface area contributed by atoms with Crippen LogP contribution >= 0.6 is 0 Å². The Morgan fingerprint density at radius 2 is 1.83 bits per heavy atom. The summed E-state index contributed by atoms with van der Waals surface area (Å²) in [6, 6.07) is 7.62. The van der Waals surface area contributed by atoms with Crippen molar-refractivity contribution >= 4 is 23.3 Å². The van der Waals surface area contributed by atoms with Crippen LogP contribution in [0.15, 0.2) is 30.3 Å². The zero-order chi connectivity index (χ0) is 21.6. The molecule has 29 heavy (non-hydrogen) atoms. The van der Waals surface area contributed by atoms with Gasteiger partial charge in [0.15, 0.2) is 18.1 Å². The number of ether oxygens (including phenoxy) is 3. The first-order chi connectivity index (χ1) is 13.8. The minimum Gasteiger partial charge on any atom is -0.493 e. The standard InChI is InChI=1S/C20H22N2O7/c1-5-28-18-9-15(16(22(25)26)10-17(18)27-4)20(24)29-11-19(23)21-14-7-6-12(2)13(3)8-14/h6-10H,5,11H2,1-4H3,(H,21,23). The van der Waals surface area contributed by atoms with Crippen molar-refractivity contribution in [3.05, 3.63) is 57.1 Å². The Balaban J connectivity index is 2.14. The number of nitrogens with zero attached hydrogens (tertiary/aromatic N) is 1. The summed E-state index contributed by atoms with van der Waals surface area (Å²) in [5, 5.41) is 13.9. The van der Waals surface area contributed by atoms with Crippen LogP contribution in [0.3, 0.4) is 0 Å². The predicted octanol–water partition coefficient (Wildman–Crippen LogP) is 3.41. The normalized spacial score (nSPS) is 10.2. The number of hydrogen-bond acceptors (Lipinski definition) is 7. The maximum Gasteiger partial charge on any atom is 0.345 e. The number of benzene rings is 2. The topological polar surface area (TPSA) is 117 Å². The number of rotatable bonds is 8.